The molecule has 3 amide bonds. The first-order chi connectivity index (χ1) is 13.1. The zero-order valence-electron chi connectivity index (χ0n) is 14.7. The molecule has 10 heteroatoms. The van der Waals surface area contributed by atoms with Crippen LogP contribution in [0.5, 0.6) is 0 Å². The molecule has 1 heterocycles. The predicted molar refractivity (Wildman–Crippen MR) is 105 cm³/mol. The zero-order valence-corrected chi connectivity index (χ0v) is 16.3. The number of nitrogens with two attached hydrogens (primary N) is 1. The van der Waals surface area contributed by atoms with Crippen LogP contribution in [0.3, 0.4) is 0 Å². The van der Waals surface area contributed by atoms with Crippen molar-refractivity contribution in [1.82, 2.24) is 0 Å². The maximum atomic E-state index is 12.5. The number of nitrogens with zero attached hydrogens (tertiary/aromatic N) is 1. The summed E-state index contributed by atoms with van der Waals surface area (Å²) in [5.74, 6) is -2.81. The Balaban J connectivity index is 1.90. The van der Waals surface area contributed by atoms with Gasteiger partial charge in [0.05, 0.1) is 39.2 Å². The summed E-state index contributed by atoms with van der Waals surface area (Å²) < 4.78 is 25.1. The van der Waals surface area contributed by atoms with Crippen molar-refractivity contribution >= 4 is 50.7 Å². The fourth-order valence-electron chi connectivity index (χ4n) is 2.90. The van der Waals surface area contributed by atoms with Gasteiger partial charge in [-0.15, -0.1) is 0 Å². The SMILES string of the molecule is CC1CS(=O)(=O)N(c2ccc(C(=O)Nc3ccccc3C(N)=O)c(Cl)c2)C1=O. The van der Waals surface area contributed by atoms with E-state index in [0.29, 0.717) is 4.31 Å². The smallest absolute Gasteiger partial charge is 0.257 e. The molecule has 3 rings (SSSR count). The van der Waals surface area contributed by atoms with Crippen LogP contribution >= 0.6 is 11.6 Å². The molecule has 28 heavy (non-hydrogen) atoms. The topological polar surface area (TPSA) is 127 Å². The third-order valence-corrected chi connectivity index (χ3v) is 6.41. The van der Waals surface area contributed by atoms with Crippen LogP contribution in [0.2, 0.25) is 5.02 Å². The summed E-state index contributed by atoms with van der Waals surface area (Å²) in [5, 5.41) is 2.50. The maximum Gasteiger partial charge on any atom is 0.257 e. The zero-order chi connectivity index (χ0) is 20.6. The molecule has 1 unspecified atom stereocenters. The molecule has 2 aromatic rings. The van der Waals surface area contributed by atoms with Crippen molar-refractivity contribution in [3.63, 3.8) is 0 Å². The number of carbonyl (C=O) groups is 3. The standard InChI is InChI=1S/C18H16ClN3O5S/c1-10-9-28(26,27)22(18(10)25)11-6-7-12(14(19)8-11)17(24)21-15-5-3-2-4-13(15)16(20)23/h2-8,10H,9H2,1H3,(H2,20,23)(H,21,24). The number of nitrogens with one attached hydrogen (secondary N) is 1. The summed E-state index contributed by atoms with van der Waals surface area (Å²) in [6, 6.07) is 10.1. The van der Waals surface area contributed by atoms with E-state index in [-0.39, 0.29) is 33.3 Å². The van der Waals surface area contributed by atoms with Gasteiger partial charge in [-0.1, -0.05) is 30.7 Å². The second-order valence-corrected chi connectivity index (χ2v) is 8.58. The third kappa shape index (κ3) is 3.58. The highest BCUT2D eigenvalue weighted by atomic mass is 35.5. The summed E-state index contributed by atoms with van der Waals surface area (Å²) >= 11 is 6.16. The van der Waals surface area contributed by atoms with E-state index in [9.17, 15) is 22.8 Å². The van der Waals surface area contributed by atoms with Crippen molar-refractivity contribution < 1.29 is 22.8 Å². The Morgan fingerprint density at radius 2 is 1.86 bits per heavy atom. The lowest BCUT2D eigenvalue weighted by Crippen LogP contribution is -2.30. The molecule has 1 aliphatic rings. The highest BCUT2D eigenvalue weighted by Crippen LogP contribution is 2.31. The van der Waals surface area contributed by atoms with Crippen LogP contribution in [0, 0.1) is 5.92 Å². The molecule has 0 saturated carbocycles. The molecule has 0 radical (unpaired) electrons. The van der Waals surface area contributed by atoms with Crippen LogP contribution in [-0.4, -0.2) is 31.9 Å². The Hall–Kier alpha value is -2.91. The highest BCUT2D eigenvalue weighted by Gasteiger charge is 2.42. The van der Waals surface area contributed by atoms with Gasteiger partial charge in [-0.2, -0.15) is 0 Å². The number of hydrogen-bond donors (Lipinski definition) is 2. The van der Waals surface area contributed by atoms with Crippen molar-refractivity contribution in [2.45, 2.75) is 6.92 Å². The van der Waals surface area contributed by atoms with Crippen LogP contribution in [0.1, 0.15) is 27.6 Å². The van der Waals surface area contributed by atoms with E-state index in [1.54, 1.807) is 12.1 Å². The molecule has 1 saturated heterocycles. The van der Waals surface area contributed by atoms with Crippen molar-refractivity contribution in [3.8, 4) is 0 Å². The first-order valence-electron chi connectivity index (χ1n) is 8.18. The van der Waals surface area contributed by atoms with Gasteiger partial charge in [0, 0.05) is 0 Å². The normalized spacial score (nSPS) is 18.1. The van der Waals surface area contributed by atoms with Gasteiger partial charge < -0.3 is 11.1 Å². The van der Waals surface area contributed by atoms with E-state index < -0.39 is 33.7 Å². The van der Waals surface area contributed by atoms with Crippen molar-refractivity contribution in [2.75, 3.05) is 15.4 Å². The molecule has 146 valence electrons. The van der Waals surface area contributed by atoms with Gasteiger partial charge in [0.15, 0.2) is 0 Å². The van der Waals surface area contributed by atoms with Crippen LogP contribution in [0.4, 0.5) is 11.4 Å². The molecule has 1 fully saturated rings. The molecule has 0 aliphatic carbocycles. The van der Waals surface area contributed by atoms with Gasteiger partial charge in [0.1, 0.15) is 0 Å². The number of primary amides is 1. The van der Waals surface area contributed by atoms with E-state index in [1.807, 2.05) is 0 Å². The van der Waals surface area contributed by atoms with Gasteiger partial charge in [-0.25, -0.2) is 12.7 Å². The monoisotopic (exact) mass is 421 g/mol. The first kappa shape index (κ1) is 19.8. The summed E-state index contributed by atoms with van der Waals surface area (Å²) in [6.45, 7) is 1.53. The molecular weight excluding hydrogens is 406 g/mol. The molecule has 0 spiro atoms. The predicted octanol–water partition coefficient (Wildman–Crippen LogP) is 2.00. The van der Waals surface area contributed by atoms with Gasteiger partial charge in [0.2, 0.25) is 15.9 Å². The summed E-state index contributed by atoms with van der Waals surface area (Å²) in [6.07, 6.45) is 0. The van der Waals surface area contributed by atoms with E-state index in [0.717, 1.165) is 0 Å². The number of carbonyl (C=O) groups excluding carboxylic acids is 3. The lowest BCUT2D eigenvalue weighted by molar-refractivity contribution is -0.119. The highest BCUT2D eigenvalue weighted by molar-refractivity contribution is 7.94. The number of para-hydroxylation sites is 1. The second-order valence-electron chi connectivity index (χ2n) is 6.31. The first-order valence-corrected chi connectivity index (χ1v) is 10.2. The molecule has 1 aliphatic heterocycles. The van der Waals surface area contributed by atoms with E-state index in [4.69, 9.17) is 17.3 Å². The van der Waals surface area contributed by atoms with Crippen LogP contribution in [0.25, 0.3) is 0 Å². The molecule has 1 atom stereocenters. The average molecular weight is 422 g/mol. The minimum absolute atomic E-state index is 0.0433. The number of hydrogen-bond acceptors (Lipinski definition) is 5. The lowest BCUT2D eigenvalue weighted by atomic mass is 10.1. The molecule has 2 aromatic carbocycles. The Labute approximate surface area is 166 Å². The molecular formula is C18H16ClN3O5S. The summed E-state index contributed by atoms with van der Waals surface area (Å²) in [7, 11) is -3.78. The fourth-order valence-corrected chi connectivity index (χ4v) is 4.97. The number of sulfonamides is 1. The maximum absolute atomic E-state index is 12.5. The Bertz CT molecular complexity index is 1100. The Morgan fingerprint density at radius 1 is 1.18 bits per heavy atom. The Kier molecular flexibility index (Phi) is 5.14. The minimum Gasteiger partial charge on any atom is -0.366 e. The van der Waals surface area contributed by atoms with Crippen molar-refractivity contribution in [2.24, 2.45) is 11.7 Å². The number of benzene rings is 2. The van der Waals surface area contributed by atoms with Gasteiger partial charge in [-0.3, -0.25) is 14.4 Å². The van der Waals surface area contributed by atoms with Crippen molar-refractivity contribution in [3.05, 3.63) is 58.6 Å². The van der Waals surface area contributed by atoms with Gasteiger partial charge in [0.25, 0.3) is 11.8 Å². The van der Waals surface area contributed by atoms with Crippen LogP contribution < -0.4 is 15.4 Å². The number of rotatable bonds is 4. The average Bonchev–Trinajstić information content (AvgIpc) is 2.82. The van der Waals surface area contributed by atoms with Gasteiger partial charge >= 0.3 is 0 Å². The quantitative estimate of drug-likeness (QED) is 0.780. The van der Waals surface area contributed by atoms with Crippen LogP contribution in [-0.2, 0) is 14.8 Å². The molecule has 8 nitrogen and oxygen atoms in total. The van der Waals surface area contributed by atoms with Crippen molar-refractivity contribution in [1.29, 1.82) is 0 Å². The lowest BCUT2D eigenvalue weighted by Gasteiger charge is -2.16. The number of anilines is 2. The molecule has 3 N–H and O–H groups in total. The number of halogens is 1. The summed E-state index contributed by atoms with van der Waals surface area (Å²) in [5.41, 5.74) is 5.74. The van der Waals surface area contributed by atoms with Crippen LogP contribution in [0.15, 0.2) is 42.5 Å². The van der Waals surface area contributed by atoms with E-state index in [2.05, 4.69) is 5.32 Å². The summed E-state index contributed by atoms with van der Waals surface area (Å²) in [4.78, 5) is 36.2. The third-order valence-electron chi connectivity index (χ3n) is 4.23. The largest absolute Gasteiger partial charge is 0.366 e. The van der Waals surface area contributed by atoms with Gasteiger partial charge in [-0.05, 0) is 30.3 Å². The molecule has 0 bridgehead atoms. The second kappa shape index (κ2) is 7.25. The Morgan fingerprint density at radius 3 is 2.43 bits per heavy atom. The molecule has 0 aromatic heterocycles. The minimum atomic E-state index is -3.78. The van der Waals surface area contributed by atoms with E-state index >= 15 is 0 Å². The number of amides is 3. The fraction of sp³-hybridized carbons (Fsp3) is 0.167. The van der Waals surface area contributed by atoms with E-state index in [1.165, 1.54) is 37.3 Å².